The number of methoxy groups -OCH3 is 1. The van der Waals surface area contributed by atoms with E-state index < -0.39 is 10.2 Å². The third-order valence-electron chi connectivity index (χ3n) is 5.03. The molecule has 1 aliphatic carbocycles. The first-order valence-electron chi connectivity index (χ1n) is 8.48. The maximum absolute atomic E-state index is 13.0. The fraction of sp³-hybridized carbons (Fsp3) is 0.647. The SMILES string of the molecule is COC(CN1CCCN(c2ccccc2)S1(=O)=O)C1CCCC1. The second-order valence-electron chi connectivity index (χ2n) is 6.45. The number of hydrogen-bond acceptors (Lipinski definition) is 3. The predicted molar refractivity (Wildman–Crippen MR) is 91.7 cm³/mol. The molecule has 23 heavy (non-hydrogen) atoms. The summed E-state index contributed by atoms with van der Waals surface area (Å²) in [6.07, 6.45) is 5.60. The van der Waals surface area contributed by atoms with Crippen LogP contribution in [-0.2, 0) is 14.9 Å². The molecular formula is C17H26N2O3S. The van der Waals surface area contributed by atoms with Crippen LogP contribution in [0.3, 0.4) is 0 Å². The van der Waals surface area contributed by atoms with Crippen LogP contribution in [0.25, 0.3) is 0 Å². The molecule has 0 N–H and O–H groups in total. The Morgan fingerprint density at radius 2 is 1.83 bits per heavy atom. The summed E-state index contributed by atoms with van der Waals surface area (Å²) in [6, 6.07) is 9.36. The van der Waals surface area contributed by atoms with Crippen molar-refractivity contribution < 1.29 is 13.2 Å². The highest BCUT2D eigenvalue weighted by atomic mass is 32.2. The number of benzene rings is 1. The van der Waals surface area contributed by atoms with E-state index in [0.29, 0.717) is 25.6 Å². The van der Waals surface area contributed by atoms with Crippen LogP contribution in [0.5, 0.6) is 0 Å². The highest BCUT2D eigenvalue weighted by molar-refractivity contribution is 7.90. The van der Waals surface area contributed by atoms with Crippen LogP contribution in [0, 0.1) is 5.92 Å². The van der Waals surface area contributed by atoms with E-state index in [9.17, 15) is 8.42 Å². The van der Waals surface area contributed by atoms with Crippen molar-refractivity contribution in [2.75, 3.05) is 31.0 Å². The van der Waals surface area contributed by atoms with Crippen molar-refractivity contribution in [1.82, 2.24) is 4.31 Å². The Morgan fingerprint density at radius 3 is 2.48 bits per heavy atom. The van der Waals surface area contributed by atoms with E-state index in [2.05, 4.69) is 0 Å². The molecule has 2 aliphatic rings. The normalized spacial score (nSPS) is 24.0. The summed E-state index contributed by atoms with van der Waals surface area (Å²) >= 11 is 0. The van der Waals surface area contributed by atoms with Gasteiger partial charge in [0.1, 0.15) is 0 Å². The molecule has 1 heterocycles. The first-order chi connectivity index (χ1) is 11.1. The van der Waals surface area contributed by atoms with Gasteiger partial charge in [-0.15, -0.1) is 0 Å². The molecule has 1 aromatic carbocycles. The van der Waals surface area contributed by atoms with E-state index in [-0.39, 0.29) is 6.10 Å². The van der Waals surface area contributed by atoms with Crippen LogP contribution < -0.4 is 4.31 Å². The minimum Gasteiger partial charge on any atom is -0.380 e. The van der Waals surface area contributed by atoms with Gasteiger partial charge in [0.05, 0.1) is 11.8 Å². The number of hydrogen-bond donors (Lipinski definition) is 0. The lowest BCUT2D eigenvalue weighted by molar-refractivity contribution is 0.0391. The fourth-order valence-corrected chi connectivity index (χ4v) is 5.47. The highest BCUT2D eigenvalue weighted by Crippen LogP contribution is 2.31. The molecule has 128 valence electrons. The minimum atomic E-state index is -3.47. The van der Waals surface area contributed by atoms with Gasteiger partial charge < -0.3 is 4.74 Å². The molecule has 6 heteroatoms. The van der Waals surface area contributed by atoms with Gasteiger partial charge in [0, 0.05) is 26.7 Å². The molecule has 0 bridgehead atoms. The predicted octanol–water partition coefficient (Wildman–Crippen LogP) is 2.65. The summed E-state index contributed by atoms with van der Waals surface area (Å²) in [4.78, 5) is 0. The Kier molecular flexibility index (Phi) is 5.24. The summed E-state index contributed by atoms with van der Waals surface area (Å²) in [7, 11) is -1.76. The summed E-state index contributed by atoms with van der Waals surface area (Å²) < 4.78 is 34.7. The first kappa shape index (κ1) is 16.7. The monoisotopic (exact) mass is 338 g/mol. The molecule has 1 unspecified atom stereocenters. The van der Waals surface area contributed by atoms with Gasteiger partial charge in [0.15, 0.2) is 0 Å². The van der Waals surface area contributed by atoms with Crippen molar-refractivity contribution in [2.24, 2.45) is 5.92 Å². The molecule has 1 aromatic rings. The Hall–Kier alpha value is -1.11. The lowest BCUT2D eigenvalue weighted by Gasteiger charge is -2.38. The molecule has 0 radical (unpaired) electrons. The lowest BCUT2D eigenvalue weighted by atomic mass is 10.0. The summed E-state index contributed by atoms with van der Waals surface area (Å²) in [5.41, 5.74) is 0.743. The molecular weight excluding hydrogens is 312 g/mol. The standard InChI is InChI=1S/C17H26N2O3S/c1-22-17(15-8-5-6-9-15)14-18-12-7-13-19(23(18,20)21)16-10-3-2-4-11-16/h2-4,10-11,15,17H,5-9,12-14H2,1H3. The molecule has 1 aliphatic heterocycles. The van der Waals surface area contributed by atoms with Gasteiger partial charge in [0.25, 0.3) is 0 Å². The number of ether oxygens (including phenoxy) is 1. The van der Waals surface area contributed by atoms with Crippen molar-refractivity contribution in [1.29, 1.82) is 0 Å². The zero-order valence-electron chi connectivity index (χ0n) is 13.7. The zero-order valence-corrected chi connectivity index (χ0v) is 14.5. The molecule has 1 atom stereocenters. The van der Waals surface area contributed by atoms with E-state index in [1.54, 1.807) is 11.4 Å². The maximum Gasteiger partial charge on any atom is 0.304 e. The molecule has 5 nitrogen and oxygen atoms in total. The van der Waals surface area contributed by atoms with Gasteiger partial charge in [-0.3, -0.25) is 4.31 Å². The van der Waals surface area contributed by atoms with Crippen molar-refractivity contribution in [3.8, 4) is 0 Å². The van der Waals surface area contributed by atoms with Crippen LogP contribution in [0.1, 0.15) is 32.1 Å². The Morgan fingerprint density at radius 1 is 1.13 bits per heavy atom. The van der Waals surface area contributed by atoms with Gasteiger partial charge in [-0.05, 0) is 37.3 Å². The van der Waals surface area contributed by atoms with Crippen LogP contribution in [-0.4, -0.2) is 45.6 Å². The molecule has 0 amide bonds. The van der Waals surface area contributed by atoms with E-state index in [1.165, 1.54) is 17.1 Å². The highest BCUT2D eigenvalue weighted by Gasteiger charge is 2.37. The third kappa shape index (κ3) is 3.54. The van der Waals surface area contributed by atoms with Crippen LogP contribution in [0.2, 0.25) is 0 Å². The average molecular weight is 338 g/mol. The second kappa shape index (κ2) is 7.20. The van der Waals surface area contributed by atoms with Crippen LogP contribution >= 0.6 is 0 Å². The maximum atomic E-state index is 13.0. The quantitative estimate of drug-likeness (QED) is 0.829. The van der Waals surface area contributed by atoms with Gasteiger partial charge in [-0.1, -0.05) is 31.0 Å². The fourth-order valence-electron chi connectivity index (χ4n) is 3.75. The lowest BCUT2D eigenvalue weighted by Crippen LogP contribution is -2.52. The zero-order chi connectivity index (χ0) is 16.3. The van der Waals surface area contributed by atoms with Gasteiger partial charge in [-0.2, -0.15) is 12.7 Å². The van der Waals surface area contributed by atoms with Crippen molar-refractivity contribution in [3.63, 3.8) is 0 Å². The largest absolute Gasteiger partial charge is 0.380 e. The molecule has 1 saturated heterocycles. The van der Waals surface area contributed by atoms with Crippen LogP contribution in [0.15, 0.2) is 30.3 Å². The minimum absolute atomic E-state index is 0.00278. The van der Waals surface area contributed by atoms with Gasteiger partial charge >= 0.3 is 10.2 Å². The third-order valence-corrected chi connectivity index (χ3v) is 6.96. The number of para-hydroxylation sites is 1. The molecule has 0 aromatic heterocycles. The van der Waals surface area contributed by atoms with Crippen LogP contribution in [0.4, 0.5) is 5.69 Å². The van der Waals surface area contributed by atoms with Crippen molar-refractivity contribution in [3.05, 3.63) is 30.3 Å². The molecule has 0 spiro atoms. The van der Waals surface area contributed by atoms with Gasteiger partial charge in [-0.25, -0.2) is 0 Å². The van der Waals surface area contributed by atoms with E-state index in [4.69, 9.17) is 4.74 Å². The number of nitrogens with zero attached hydrogens (tertiary/aromatic N) is 2. The van der Waals surface area contributed by atoms with E-state index >= 15 is 0 Å². The Balaban J connectivity index is 1.76. The average Bonchev–Trinajstić information content (AvgIpc) is 3.08. The van der Waals surface area contributed by atoms with Crippen molar-refractivity contribution in [2.45, 2.75) is 38.2 Å². The number of rotatable bonds is 5. The molecule has 3 rings (SSSR count). The smallest absolute Gasteiger partial charge is 0.304 e. The molecule has 2 fully saturated rings. The first-order valence-corrected chi connectivity index (χ1v) is 9.88. The summed E-state index contributed by atoms with van der Waals surface area (Å²) in [5.74, 6) is 0.488. The van der Waals surface area contributed by atoms with Crippen molar-refractivity contribution >= 4 is 15.9 Å². The van der Waals surface area contributed by atoms with E-state index in [1.807, 2.05) is 30.3 Å². The summed E-state index contributed by atoms with van der Waals surface area (Å²) in [5, 5.41) is 0. The second-order valence-corrected chi connectivity index (χ2v) is 8.30. The number of anilines is 1. The summed E-state index contributed by atoms with van der Waals surface area (Å²) in [6.45, 7) is 1.59. The Labute approximate surface area is 139 Å². The van der Waals surface area contributed by atoms with E-state index in [0.717, 1.165) is 24.9 Å². The molecule has 1 saturated carbocycles. The van der Waals surface area contributed by atoms with Gasteiger partial charge in [0.2, 0.25) is 0 Å². The Bertz CT molecular complexity index is 600. The topological polar surface area (TPSA) is 49.9 Å².